The predicted molar refractivity (Wildman–Crippen MR) is 123 cm³/mol. The molecule has 168 valence electrons. The van der Waals surface area contributed by atoms with Crippen LogP contribution in [0.3, 0.4) is 0 Å². The summed E-state index contributed by atoms with van der Waals surface area (Å²) in [5.74, 6) is -0.901. The summed E-state index contributed by atoms with van der Waals surface area (Å²) in [4.78, 5) is 27.2. The van der Waals surface area contributed by atoms with E-state index in [1.54, 1.807) is 4.90 Å². The first-order chi connectivity index (χ1) is 15.6. The monoisotopic (exact) mass is 433 g/mol. The molecule has 1 N–H and O–H groups in total. The fraction of sp³-hybridized carbons (Fsp3) is 0.481. The van der Waals surface area contributed by atoms with E-state index >= 15 is 0 Å². The van der Waals surface area contributed by atoms with Crippen molar-refractivity contribution in [1.82, 2.24) is 4.90 Å². The molecule has 0 aromatic heterocycles. The Bertz CT molecular complexity index is 945. The van der Waals surface area contributed by atoms with Crippen molar-refractivity contribution in [2.75, 3.05) is 6.61 Å². The standard InChI is InChI=1S/C27H31NO4/c29-26(30)25(18-9-3-1-2-4-10-18)28(19-15-16-19)27(31)32-17-24-22-13-7-5-11-20(22)21-12-6-8-14-23(21)24/h5-8,11-14,18-19,24-25H,1-4,9-10,15-17H2,(H,29,30). The van der Waals surface area contributed by atoms with Gasteiger partial charge in [0.15, 0.2) is 0 Å². The molecule has 1 unspecified atom stereocenters. The number of amides is 1. The molecule has 3 aliphatic rings. The van der Waals surface area contributed by atoms with Crippen LogP contribution in [-0.4, -0.2) is 40.8 Å². The van der Waals surface area contributed by atoms with Crippen molar-refractivity contribution in [1.29, 1.82) is 0 Å². The molecule has 1 amide bonds. The Morgan fingerprint density at radius 3 is 1.97 bits per heavy atom. The Labute approximate surface area is 189 Å². The van der Waals surface area contributed by atoms with Crippen molar-refractivity contribution < 1.29 is 19.4 Å². The maximum atomic E-state index is 13.3. The van der Waals surface area contributed by atoms with Gasteiger partial charge < -0.3 is 9.84 Å². The minimum Gasteiger partial charge on any atom is -0.480 e. The van der Waals surface area contributed by atoms with E-state index in [1.807, 2.05) is 24.3 Å². The van der Waals surface area contributed by atoms with Gasteiger partial charge in [-0.2, -0.15) is 0 Å². The molecule has 0 radical (unpaired) electrons. The third-order valence-electron chi connectivity index (χ3n) is 7.39. The second-order valence-electron chi connectivity index (χ2n) is 9.48. The minimum atomic E-state index is -0.891. The third-order valence-corrected chi connectivity index (χ3v) is 7.39. The van der Waals surface area contributed by atoms with Crippen molar-refractivity contribution in [3.05, 3.63) is 59.7 Å². The van der Waals surface area contributed by atoms with Crippen molar-refractivity contribution in [2.45, 2.75) is 69.4 Å². The second-order valence-corrected chi connectivity index (χ2v) is 9.48. The molecule has 5 nitrogen and oxygen atoms in total. The molecule has 5 rings (SSSR count). The number of ether oxygens (including phenoxy) is 1. The molecule has 2 aromatic carbocycles. The topological polar surface area (TPSA) is 66.8 Å². The van der Waals surface area contributed by atoms with Gasteiger partial charge in [-0.1, -0.05) is 74.2 Å². The highest BCUT2D eigenvalue weighted by molar-refractivity contribution is 5.82. The second kappa shape index (κ2) is 8.97. The molecule has 5 heteroatoms. The molecular formula is C27H31NO4. The quantitative estimate of drug-likeness (QED) is 0.583. The molecule has 0 saturated heterocycles. The van der Waals surface area contributed by atoms with Gasteiger partial charge in [0.2, 0.25) is 0 Å². The largest absolute Gasteiger partial charge is 0.480 e. The zero-order valence-corrected chi connectivity index (χ0v) is 18.4. The predicted octanol–water partition coefficient (Wildman–Crippen LogP) is 5.82. The lowest BCUT2D eigenvalue weighted by Crippen LogP contribution is -2.51. The zero-order valence-electron chi connectivity index (χ0n) is 18.4. The number of carbonyl (C=O) groups excluding carboxylic acids is 1. The average molecular weight is 434 g/mol. The van der Waals surface area contributed by atoms with Crippen LogP contribution in [0.1, 0.15) is 68.4 Å². The molecule has 0 aliphatic heterocycles. The number of carbonyl (C=O) groups is 2. The van der Waals surface area contributed by atoms with Crippen LogP contribution in [0.2, 0.25) is 0 Å². The molecule has 0 spiro atoms. The van der Waals surface area contributed by atoms with Crippen molar-refractivity contribution >= 4 is 12.1 Å². The van der Waals surface area contributed by atoms with Crippen LogP contribution in [0.5, 0.6) is 0 Å². The molecule has 2 saturated carbocycles. The van der Waals surface area contributed by atoms with E-state index in [0.717, 1.165) is 62.5 Å². The fourth-order valence-corrected chi connectivity index (χ4v) is 5.69. The van der Waals surface area contributed by atoms with Crippen LogP contribution >= 0.6 is 0 Å². The van der Waals surface area contributed by atoms with E-state index in [1.165, 1.54) is 11.1 Å². The van der Waals surface area contributed by atoms with Gasteiger partial charge in [-0.3, -0.25) is 4.90 Å². The van der Waals surface area contributed by atoms with E-state index in [4.69, 9.17) is 4.74 Å². The molecule has 32 heavy (non-hydrogen) atoms. The number of nitrogens with zero attached hydrogens (tertiary/aromatic N) is 1. The fourth-order valence-electron chi connectivity index (χ4n) is 5.69. The highest BCUT2D eigenvalue weighted by atomic mass is 16.6. The number of benzene rings is 2. The summed E-state index contributed by atoms with van der Waals surface area (Å²) in [5.41, 5.74) is 4.70. The molecule has 2 fully saturated rings. The van der Waals surface area contributed by atoms with Gasteiger partial charge in [-0.15, -0.1) is 0 Å². The molecule has 3 aliphatic carbocycles. The number of carboxylic acid groups (broad SMARTS) is 1. The number of aliphatic carboxylic acids is 1. The minimum absolute atomic E-state index is 0.00463. The van der Waals surface area contributed by atoms with Crippen LogP contribution in [-0.2, 0) is 9.53 Å². The Hall–Kier alpha value is -2.82. The maximum absolute atomic E-state index is 13.3. The van der Waals surface area contributed by atoms with Gasteiger partial charge in [0.1, 0.15) is 12.6 Å². The highest BCUT2D eigenvalue weighted by Crippen LogP contribution is 2.45. The summed E-state index contributed by atoms with van der Waals surface area (Å²) < 4.78 is 5.88. The van der Waals surface area contributed by atoms with E-state index in [2.05, 4.69) is 24.3 Å². The third kappa shape index (κ3) is 4.01. The Balaban J connectivity index is 1.36. The first-order valence-electron chi connectivity index (χ1n) is 12.0. The van der Waals surface area contributed by atoms with Gasteiger partial charge in [0, 0.05) is 12.0 Å². The van der Waals surface area contributed by atoms with Crippen LogP contribution in [0.4, 0.5) is 4.79 Å². The lowest BCUT2D eigenvalue weighted by molar-refractivity contribution is -0.145. The van der Waals surface area contributed by atoms with Gasteiger partial charge in [0.05, 0.1) is 0 Å². The van der Waals surface area contributed by atoms with E-state index in [9.17, 15) is 14.7 Å². The average Bonchev–Trinajstić information content (AvgIpc) is 3.62. The normalized spacial score (nSPS) is 19.5. The van der Waals surface area contributed by atoms with Gasteiger partial charge in [-0.05, 0) is 53.9 Å². The summed E-state index contributed by atoms with van der Waals surface area (Å²) in [5, 5.41) is 10.1. The molecule has 1 atom stereocenters. The molecule has 0 bridgehead atoms. The Morgan fingerprint density at radius 1 is 0.875 bits per heavy atom. The lowest BCUT2D eigenvalue weighted by Gasteiger charge is -2.34. The number of rotatable bonds is 6. The Kier molecular flexibility index (Phi) is 5.90. The van der Waals surface area contributed by atoms with E-state index in [0.29, 0.717) is 0 Å². The molecule has 2 aromatic rings. The zero-order chi connectivity index (χ0) is 22.1. The molecule has 0 heterocycles. The summed E-state index contributed by atoms with van der Waals surface area (Å²) >= 11 is 0. The van der Waals surface area contributed by atoms with E-state index in [-0.39, 0.29) is 24.5 Å². The number of hydrogen-bond acceptors (Lipinski definition) is 3. The summed E-state index contributed by atoms with van der Waals surface area (Å²) in [6.45, 7) is 0.229. The van der Waals surface area contributed by atoms with Crippen LogP contribution in [0, 0.1) is 5.92 Å². The van der Waals surface area contributed by atoms with Crippen LogP contribution in [0.25, 0.3) is 11.1 Å². The van der Waals surface area contributed by atoms with Crippen molar-refractivity contribution in [3.8, 4) is 11.1 Å². The van der Waals surface area contributed by atoms with E-state index < -0.39 is 18.1 Å². The van der Waals surface area contributed by atoms with Crippen molar-refractivity contribution in [3.63, 3.8) is 0 Å². The summed E-state index contributed by atoms with van der Waals surface area (Å²) in [6.07, 6.45) is 7.38. The number of fused-ring (bicyclic) bond motifs is 3. The van der Waals surface area contributed by atoms with Gasteiger partial charge >= 0.3 is 12.1 Å². The van der Waals surface area contributed by atoms with Crippen molar-refractivity contribution in [2.24, 2.45) is 5.92 Å². The van der Waals surface area contributed by atoms with Crippen LogP contribution < -0.4 is 0 Å². The maximum Gasteiger partial charge on any atom is 0.410 e. The summed E-state index contributed by atoms with van der Waals surface area (Å²) in [6, 6.07) is 15.7. The smallest absolute Gasteiger partial charge is 0.410 e. The van der Waals surface area contributed by atoms with Gasteiger partial charge in [-0.25, -0.2) is 9.59 Å². The molecular weight excluding hydrogens is 402 g/mol. The number of hydrogen-bond donors (Lipinski definition) is 1. The first kappa shape index (κ1) is 21.0. The SMILES string of the molecule is O=C(O)C(C1CCCCCC1)N(C(=O)OCC1c2ccccc2-c2ccccc21)C1CC1. The van der Waals surface area contributed by atoms with Crippen LogP contribution in [0.15, 0.2) is 48.5 Å². The lowest BCUT2D eigenvalue weighted by atomic mass is 9.90. The van der Waals surface area contributed by atoms with Gasteiger partial charge in [0.25, 0.3) is 0 Å². The first-order valence-corrected chi connectivity index (χ1v) is 12.0. The highest BCUT2D eigenvalue weighted by Gasteiger charge is 2.45. The number of carboxylic acids is 1. The Morgan fingerprint density at radius 2 is 1.44 bits per heavy atom. The summed E-state index contributed by atoms with van der Waals surface area (Å²) in [7, 11) is 0.